The molecule has 5 heteroatoms. The third-order valence-corrected chi connectivity index (χ3v) is 3.51. The lowest BCUT2D eigenvalue weighted by Gasteiger charge is -2.13. The maximum Gasteiger partial charge on any atom is 0.158 e. The average molecular weight is 370 g/mol. The van der Waals surface area contributed by atoms with E-state index in [0.29, 0.717) is 0 Å². The van der Waals surface area contributed by atoms with E-state index in [-0.39, 0.29) is 0 Å². The summed E-state index contributed by atoms with van der Waals surface area (Å²) in [5, 5.41) is 7.82. The Labute approximate surface area is 127 Å². The lowest BCUT2D eigenvalue weighted by molar-refractivity contribution is 0.663. The molecule has 1 N–H and O–H groups in total. The number of hydrogen-bond donors (Lipinski definition) is 1. The number of aromatic nitrogens is 3. The third-order valence-electron chi connectivity index (χ3n) is 2.95. The highest BCUT2D eigenvalue weighted by Gasteiger charge is 2.11. The molecule has 0 aromatic carbocycles. The zero-order valence-electron chi connectivity index (χ0n) is 11.6. The highest BCUT2D eigenvalue weighted by atomic mass is 127. The number of rotatable bonds is 5. The second-order valence-electron chi connectivity index (χ2n) is 4.66. The van der Waals surface area contributed by atoms with Gasteiger partial charge in [0.05, 0.1) is 9.77 Å². The smallest absolute Gasteiger partial charge is 0.158 e. The second kappa shape index (κ2) is 6.47. The summed E-state index contributed by atoms with van der Waals surface area (Å²) in [7, 11) is 0. The van der Waals surface area contributed by atoms with Crippen LogP contribution in [0.15, 0.2) is 18.5 Å². The molecule has 102 valence electrons. The fourth-order valence-electron chi connectivity index (χ4n) is 2.06. The van der Waals surface area contributed by atoms with Crippen LogP contribution in [-0.4, -0.2) is 21.3 Å². The normalized spacial score (nSPS) is 10.9. The summed E-state index contributed by atoms with van der Waals surface area (Å²) in [4.78, 5) is 4.65. The molecule has 2 aromatic rings. The van der Waals surface area contributed by atoms with Crippen LogP contribution >= 0.6 is 22.6 Å². The van der Waals surface area contributed by atoms with Crippen LogP contribution in [0.25, 0.3) is 5.82 Å². The lowest BCUT2D eigenvalue weighted by atomic mass is 10.1. The molecule has 0 bridgehead atoms. The van der Waals surface area contributed by atoms with Gasteiger partial charge in [0.2, 0.25) is 0 Å². The Morgan fingerprint density at radius 3 is 2.79 bits per heavy atom. The molecule has 0 aliphatic carbocycles. The molecule has 0 unspecified atom stereocenters. The molecule has 0 fully saturated rings. The van der Waals surface area contributed by atoms with E-state index in [9.17, 15) is 0 Å². The summed E-state index contributed by atoms with van der Waals surface area (Å²) >= 11 is 2.26. The number of pyridine rings is 1. The fourth-order valence-corrected chi connectivity index (χ4v) is 2.45. The summed E-state index contributed by atoms with van der Waals surface area (Å²) in [6, 6.07) is 2.13. The standard InChI is InChI=1S/C14H19IN4/c1-4-5-16-8-13-10(2)6-11(3)18-14(13)19-9-12(15)7-17-19/h6-7,9,16H,4-5,8H2,1-3H3. The van der Waals surface area contributed by atoms with Gasteiger partial charge in [-0.05, 0) is 61.0 Å². The molecule has 0 spiro atoms. The predicted octanol–water partition coefficient (Wildman–Crippen LogP) is 2.99. The number of hydrogen-bond acceptors (Lipinski definition) is 3. The van der Waals surface area contributed by atoms with Crippen LogP contribution in [0.3, 0.4) is 0 Å². The Hall–Kier alpha value is -0.950. The zero-order valence-corrected chi connectivity index (χ0v) is 13.7. The molecule has 0 atom stereocenters. The molecule has 0 saturated carbocycles. The Morgan fingerprint density at radius 2 is 2.16 bits per heavy atom. The minimum atomic E-state index is 0.832. The molecular weight excluding hydrogens is 351 g/mol. The molecule has 0 aliphatic heterocycles. The van der Waals surface area contributed by atoms with Crippen LogP contribution in [0.5, 0.6) is 0 Å². The van der Waals surface area contributed by atoms with Crippen molar-refractivity contribution < 1.29 is 0 Å². The first-order valence-electron chi connectivity index (χ1n) is 6.50. The van der Waals surface area contributed by atoms with Gasteiger partial charge in [0.15, 0.2) is 5.82 Å². The molecular formula is C14H19IN4. The molecule has 2 rings (SSSR count). The number of nitrogens with one attached hydrogen (secondary N) is 1. The fraction of sp³-hybridized carbons (Fsp3) is 0.429. The summed E-state index contributed by atoms with van der Waals surface area (Å²) in [6.45, 7) is 8.18. The van der Waals surface area contributed by atoms with Gasteiger partial charge in [0, 0.05) is 24.0 Å². The van der Waals surface area contributed by atoms with Gasteiger partial charge in [0.1, 0.15) is 0 Å². The van der Waals surface area contributed by atoms with Gasteiger partial charge >= 0.3 is 0 Å². The lowest BCUT2D eigenvalue weighted by Crippen LogP contribution is -2.18. The van der Waals surface area contributed by atoms with E-state index in [4.69, 9.17) is 0 Å². The topological polar surface area (TPSA) is 42.7 Å². The predicted molar refractivity (Wildman–Crippen MR) is 85.5 cm³/mol. The first-order chi connectivity index (χ1) is 9.11. The molecule has 2 aromatic heterocycles. The van der Waals surface area contributed by atoms with Crippen molar-refractivity contribution in [3.8, 4) is 5.82 Å². The molecule has 4 nitrogen and oxygen atoms in total. The van der Waals surface area contributed by atoms with Gasteiger partial charge in [0.25, 0.3) is 0 Å². The van der Waals surface area contributed by atoms with Crippen LogP contribution in [-0.2, 0) is 6.54 Å². The SMILES string of the molecule is CCCNCc1c(C)cc(C)nc1-n1cc(I)cn1. The Bertz CT molecular complexity index is 563. The van der Waals surface area contributed by atoms with Crippen molar-refractivity contribution >= 4 is 22.6 Å². The zero-order chi connectivity index (χ0) is 13.8. The Morgan fingerprint density at radius 1 is 1.37 bits per heavy atom. The molecule has 0 aliphatic rings. The van der Waals surface area contributed by atoms with E-state index in [2.05, 4.69) is 57.9 Å². The summed E-state index contributed by atoms with van der Waals surface area (Å²) < 4.78 is 2.98. The minimum absolute atomic E-state index is 0.832. The number of aryl methyl sites for hydroxylation is 2. The summed E-state index contributed by atoms with van der Waals surface area (Å²) in [6.07, 6.45) is 4.99. The van der Waals surface area contributed by atoms with Crippen LogP contribution < -0.4 is 5.32 Å². The van der Waals surface area contributed by atoms with E-state index in [1.807, 2.05) is 24.0 Å². The van der Waals surface area contributed by atoms with Crippen molar-refractivity contribution in [3.05, 3.63) is 38.9 Å². The maximum atomic E-state index is 4.65. The van der Waals surface area contributed by atoms with E-state index in [0.717, 1.165) is 34.6 Å². The Kier molecular flexibility index (Phi) is 4.93. The van der Waals surface area contributed by atoms with Crippen molar-refractivity contribution in [2.75, 3.05) is 6.54 Å². The number of halogens is 1. The molecule has 2 heterocycles. The molecule has 0 radical (unpaired) electrons. The van der Waals surface area contributed by atoms with Gasteiger partial charge in [-0.1, -0.05) is 6.92 Å². The van der Waals surface area contributed by atoms with Gasteiger partial charge in [-0.15, -0.1) is 0 Å². The highest BCUT2D eigenvalue weighted by Crippen LogP contribution is 2.18. The first kappa shape index (κ1) is 14.5. The van der Waals surface area contributed by atoms with Crippen molar-refractivity contribution in [2.24, 2.45) is 0 Å². The van der Waals surface area contributed by atoms with Gasteiger partial charge in [-0.3, -0.25) is 0 Å². The van der Waals surface area contributed by atoms with Crippen LogP contribution in [0, 0.1) is 17.4 Å². The van der Waals surface area contributed by atoms with Gasteiger partial charge < -0.3 is 5.32 Å². The summed E-state index contributed by atoms with van der Waals surface area (Å²) in [5.74, 6) is 0.934. The second-order valence-corrected chi connectivity index (χ2v) is 5.91. The molecule has 0 amide bonds. The average Bonchev–Trinajstić information content (AvgIpc) is 2.78. The van der Waals surface area contributed by atoms with E-state index in [1.54, 1.807) is 0 Å². The maximum absolute atomic E-state index is 4.65. The van der Waals surface area contributed by atoms with Crippen LogP contribution in [0.4, 0.5) is 0 Å². The van der Waals surface area contributed by atoms with Crippen molar-refractivity contribution in [1.82, 2.24) is 20.1 Å². The highest BCUT2D eigenvalue weighted by molar-refractivity contribution is 14.1. The van der Waals surface area contributed by atoms with Gasteiger partial charge in [-0.2, -0.15) is 5.10 Å². The molecule has 0 saturated heterocycles. The minimum Gasteiger partial charge on any atom is -0.313 e. The van der Waals surface area contributed by atoms with E-state index in [1.165, 1.54) is 11.1 Å². The largest absolute Gasteiger partial charge is 0.313 e. The van der Waals surface area contributed by atoms with Crippen molar-refractivity contribution in [1.29, 1.82) is 0 Å². The van der Waals surface area contributed by atoms with Crippen molar-refractivity contribution in [3.63, 3.8) is 0 Å². The Balaban J connectivity index is 2.39. The summed E-state index contributed by atoms with van der Waals surface area (Å²) in [5.41, 5.74) is 3.51. The first-order valence-corrected chi connectivity index (χ1v) is 7.58. The molecule has 19 heavy (non-hydrogen) atoms. The van der Waals surface area contributed by atoms with Crippen LogP contribution in [0.2, 0.25) is 0 Å². The van der Waals surface area contributed by atoms with E-state index >= 15 is 0 Å². The van der Waals surface area contributed by atoms with E-state index < -0.39 is 0 Å². The monoisotopic (exact) mass is 370 g/mol. The quantitative estimate of drug-likeness (QED) is 0.650. The van der Waals surface area contributed by atoms with Crippen molar-refractivity contribution in [2.45, 2.75) is 33.7 Å². The van der Waals surface area contributed by atoms with Crippen LogP contribution in [0.1, 0.15) is 30.2 Å². The number of nitrogens with zero attached hydrogens (tertiary/aromatic N) is 3. The van der Waals surface area contributed by atoms with Gasteiger partial charge in [-0.25, -0.2) is 9.67 Å². The third kappa shape index (κ3) is 3.54.